The lowest BCUT2D eigenvalue weighted by Crippen LogP contribution is -2.33. The van der Waals surface area contributed by atoms with Crippen LogP contribution in [0.2, 0.25) is 0 Å². The number of para-hydroxylation sites is 2. The molecule has 3 rings (SSSR count). The molecule has 0 aromatic heterocycles. The van der Waals surface area contributed by atoms with E-state index in [4.69, 9.17) is 4.74 Å². The van der Waals surface area contributed by atoms with Crippen LogP contribution in [0.1, 0.15) is 31.7 Å². The van der Waals surface area contributed by atoms with Crippen LogP contribution in [-0.2, 0) is 4.79 Å². The Morgan fingerprint density at radius 3 is 2.60 bits per heavy atom. The fraction of sp³-hybridized carbons (Fsp3) is 0.381. The molecule has 25 heavy (non-hydrogen) atoms. The van der Waals surface area contributed by atoms with Crippen molar-refractivity contribution in [1.29, 1.82) is 0 Å². The number of ether oxygens (including phenoxy) is 1. The second-order valence-electron chi connectivity index (χ2n) is 6.63. The average Bonchev–Trinajstić information content (AvgIpc) is 2.63. The van der Waals surface area contributed by atoms with Gasteiger partial charge in [0.2, 0.25) is 0 Å². The number of piperidine rings is 1. The summed E-state index contributed by atoms with van der Waals surface area (Å²) in [5.41, 5.74) is 3.06. The van der Waals surface area contributed by atoms with Crippen molar-refractivity contribution in [3.8, 4) is 5.75 Å². The predicted molar refractivity (Wildman–Crippen MR) is 102 cm³/mol. The molecule has 0 bridgehead atoms. The van der Waals surface area contributed by atoms with E-state index < -0.39 is 6.10 Å². The highest BCUT2D eigenvalue weighted by Crippen LogP contribution is 2.28. The molecule has 1 fully saturated rings. The Morgan fingerprint density at radius 1 is 1.08 bits per heavy atom. The number of rotatable bonds is 5. The molecule has 1 heterocycles. The summed E-state index contributed by atoms with van der Waals surface area (Å²) >= 11 is 0. The Morgan fingerprint density at radius 2 is 1.84 bits per heavy atom. The number of anilines is 2. The molecule has 1 amide bonds. The van der Waals surface area contributed by atoms with Crippen LogP contribution < -0.4 is 15.0 Å². The summed E-state index contributed by atoms with van der Waals surface area (Å²) in [7, 11) is 0. The van der Waals surface area contributed by atoms with Crippen LogP contribution in [0.5, 0.6) is 5.75 Å². The minimum atomic E-state index is -0.559. The summed E-state index contributed by atoms with van der Waals surface area (Å²) in [4.78, 5) is 14.9. The Balaban J connectivity index is 1.68. The first-order chi connectivity index (χ1) is 12.1. The Bertz CT molecular complexity index is 723. The molecular weight excluding hydrogens is 312 g/mol. The summed E-state index contributed by atoms with van der Waals surface area (Å²) in [6.45, 7) is 5.87. The van der Waals surface area contributed by atoms with Gasteiger partial charge in [0.25, 0.3) is 5.91 Å². The monoisotopic (exact) mass is 338 g/mol. The SMILES string of the molecule is Cc1cccc(OC(C)C(=O)Nc2ccccc2N2CCCCC2)c1. The zero-order valence-corrected chi connectivity index (χ0v) is 15.0. The first kappa shape index (κ1) is 17.3. The zero-order valence-electron chi connectivity index (χ0n) is 15.0. The van der Waals surface area contributed by atoms with Crippen LogP contribution in [0, 0.1) is 6.92 Å². The van der Waals surface area contributed by atoms with Crippen molar-refractivity contribution >= 4 is 17.3 Å². The molecule has 0 aliphatic carbocycles. The van der Waals surface area contributed by atoms with Crippen molar-refractivity contribution in [2.75, 3.05) is 23.3 Å². The quantitative estimate of drug-likeness (QED) is 0.879. The minimum Gasteiger partial charge on any atom is -0.481 e. The maximum absolute atomic E-state index is 12.6. The summed E-state index contributed by atoms with van der Waals surface area (Å²) in [6.07, 6.45) is 3.13. The molecule has 4 heteroatoms. The number of carbonyl (C=O) groups excluding carboxylic acids is 1. The lowest BCUT2D eigenvalue weighted by atomic mass is 10.1. The van der Waals surface area contributed by atoms with Gasteiger partial charge in [-0.1, -0.05) is 24.3 Å². The summed E-state index contributed by atoms with van der Waals surface area (Å²) in [5, 5.41) is 3.04. The van der Waals surface area contributed by atoms with Crippen molar-refractivity contribution in [3.05, 3.63) is 54.1 Å². The number of carbonyl (C=O) groups is 1. The van der Waals surface area contributed by atoms with Gasteiger partial charge in [-0.15, -0.1) is 0 Å². The highest BCUT2D eigenvalue weighted by molar-refractivity contribution is 5.97. The van der Waals surface area contributed by atoms with E-state index >= 15 is 0 Å². The van der Waals surface area contributed by atoms with E-state index in [1.807, 2.05) is 49.4 Å². The van der Waals surface area contributed by atoms with E-state index in [1.54, 1.807) is 6.92 Å². The van der Waals surface area contributed by atoms with Gasteiger partial charge in [-0.2, -0.15) is 0 Å². The Labute approximate surface area is 149 Å². The molecule has 4 nitrogen and oxygen atoms in total. The van der Waals surface area contributed by atoms with Gasteiger partial charge in [0, 0.05) is 13.1 Å². The molecule has 2 aromatic carbocycles. The van der Waals surface area contributed by atoms with Gasteiger partial charge in [0.1, 0.15) is 5.75 Å². The van der Waals surface area contributed by atoms with Gasteiger partial charge in [-0.05, 0) is 62.9 Å². The number of hydrogen-bond donors (Lipinski definition) is 1. The second kappa shape index (κ2) is 8.06. The van der Waals surface area contributed by atoms with Gasteiger partial charge < -0.3 is 15.0 Å². The molecule has 0 saturated carbocycles. The van der Waals surface area contributed by atoms with Crippen LogP contribution in [-0.4, -0.2) is 25.1 Å². The highest BCUT2D eigenvalue weighted by atomic mass is 16.5. The van der Waals surface area contributed by atoms with Crippen molar-refractivity contribution in [3.63, 3.8) is 0 Å². The molecule has 132 valence electrons. The number of amides is 1. The molecule has 0 radical (unpaired) electrons. The van der Waals surface area contributed by atoms with E-state index in [9.17, 15) is 4.79 Å². The van der Waals surface area contributed by atoms with Gasteiger partial charge in [-0.3, -0.25) is 4.79 Å². The molecule has 1 aliphatic heterocycles. The smallest absolute Gasteiger partial charge is 0.265 e. The third kappa shape index (κ3) is 4.53. The molecule has 1 N–H and O–H groups in total. The third-order valence-electron chi connectivity index (χ3n) is 4.53. The van der Waals surface area contributed by atoms with Crippen LogP contribution in [0.25, 0.3) is 0 Å². The van der Waals surface area contributed by atoms with Crippen LogP contribution in [0.3, 0.4) is 0 Å². The summed E-state index contributed by atoms with van der Waals surface area (Å²) in [5.74, 6) is 0.581. The zero-order chi connectivity index (χ0) is 17.6. The average molecular weight is 338 g/mol. The molecule has 2 aromatic rings. The van der Waals surface area contributed by atoms with Crippen LogP contribution >= 0.6 is 0 Å². The maximum Gasteiger partial charge on any atom is 0.265 e. The van der Waals surface area contributed by atoms with Crippen molar-refractivity contribution in [2.24, 2.45) is 0 Å². The third-order valence-corrected chi connectivity index (χ3v) is 4.53. The molecule has 1 saturated heterocycles. The van der Waals surface area contributed by atoms with Crippen LogP contribution in [0.4, 0.5) is 11.4 Å². The number of nitrogens with one attached hydrogen (secondary N) is 1. The van der Waals surface area contributed by atoms with E-state index in [0.29, 0.717) is 5.75 Å². The Kier molecular flexibility index (Phi) is 5.59. The molecule has 1 unspecified atom stereocenters. The lowest BCUT2D eigenvalue weighted by Gasteiger charge is -2.30. The number of benzene rings is 2. The number of nitrogens with zero attached hydrogens (tertiary/aromatic N) is 1. The molecular formula is C21H26N2O2. The first-order valence-electron chi connectivity index (χ1n) is 9.01. The van der Waals surface area contributed by atoms with Gasteiger partial charge in [0.15, 0.2) is 6.10 Å². The van der Waals surface area contributed by atoms with Crippen molar-refractivity contribution in [2.45, 2.75) is 39.2 Å². The van der Waals surface area contributed by atoms with E-state index in [1.165, 1.54) is 19.3 Å². The summed E-state index contributed by atoms with van der Waals surface area (Å²) in [6, 6.07) is 15.8. The minimum absolute atomic E-state index is 0.133. The topological polar surface area (TPSA) is 41.6 Å². The Hall–Kier alpha value is -2.49. The molecule has 1 atom stereocenters. The van der Waals surface area contributed by atoms with Crippen LogP contribution in [0.15, 0.2) is 48.5 Å². The molecule has 0 spiro atoms. The first-order valence-corrected chi connectivity index (χ1v) is 9.01. The molecule has 1 aliphatic rings. The normalized spacial score (nSPS) is 15.5. The van der Waals surface area contributed by atoms with Gasteiger partial charge in [-0.25, -0.2) is 0 Å². The highest BCUT2D eigenvalue weighted by Gasteiger charge is 2.19. The standard InChI is InChI=1S/C21H26N2O2/c1-16-9-8-10-18(15-16)25-17(2)21(24)22-19-11-4-5-12-20(19)23-13-6-3-7-14-23/h4-5,8-12,15,17H,3,6-7,13-14H2,1-2H3,(H,22,24). The van der Waals surface area contributed by atoms with Gasteiger partial charge >= 0.3 is 0 Å². The summed E-state index contributed by atoms with van der Waals surface area (Å²) < 4.78 is 5.79. The van der Waals surface area contributed by atoms with Crippen molar-refractivity contribution in [1.82, 2.24) is 0 Å². The second-order valence-corrected chi connectivity index (χ2v) is 6.63. The van der Waals surface area contributed by atoms with E-state index in [0.717, 1.165) is 30.0 Å². The van der Waals surface area contributed by atoms with E-state index in [-0.39, 0.29) is 5.91 Å². The largest absolute Gasteiger partial charge is 0.481 e. The van der Waals surface area contributed by atoms with E-state index in [2.05, 4.69) is 16.3 Å². The lowest BCUT2D eigenvalue weighted by molar-refractivity contribution is -0.122. The number of aryl methyl sites for hydroxylation is 1. The fourth-order valence-electron chi connectivity index (χ4n) is 3.17. The fourth-order valence-corrected chi connectivity index (χ4v) is 3.17. The van der Waals surface area contributed by atoms with Crippen molar-refractivity contribution < 1.29 is 9.53 Å². The number of hydrogen-bond acceptors (Lipinski definition) is 3. The predicted octanol–water partition coefficient (Wildman–Crippen LogP) is 4.39. The maximum atomic E-state index is 12.6. The van der Waals surface area contributed by atoms with Gasteiger partial charge in [0.05, 0.1) is 11.4 Å².